The summed E-state index contributed by atoms with van der Waals surface area (Å²) < 4.78 is 14.4. The van der Waals surface area contributed by atoms with Crippen LogP contribution >= 0.6 is 0 Å². The van der Waals surface area contributed by atoms with Gasteiger partial charge in [-0.2, -0.15) is 0 Å². The summed E-state index contributed by atoms with van der Waals surface area (Å²) in [7, 11) is 0. The fourth-order valence-electron chi connectivity index (χ4n) is 3.89. The molecule has 0 aromatic heterocycles. The van der Waals surface area contributed by atoms with Crippen molar-refractivity contribution in [2.24, 2.45) is 0 Å². The molecule has 21 heavy (non-hydrogen) atoms. The highest BCUT2D eigenvalue weighted by atomic mass is 19.1. The molecule has 2 unspecified atom stereocenters. The number of aliphatic hydroxyl groups excluding tert-OH is 1. The van der Waals surface area contributed by atoms with Gasteiger partial charge in [0.25, 0.3) is 11.7 Å². The SMILES string of the molecule is O=C1Nc2cc(N3C4CCC3CC(O)C4)c(F)cc2C1=O. The van der Waals surface area contributed by atoms with Crippen LogP contribution in [0.1, 0.15) is 36.0 Å². The molecule has 110 valence electrons. The lowest BCUT2D eigenvalue weighted by Gasteiger charge is -2.39. The molecule has 0 radical (unpaired) electrons. The normalized spacial score (nSPS) is 30.6. The molecule has 1 amide bonds. The lowest BCUT2D eigenvalue weighted by atomic mass is 9.98. The lowest BCUT2D eigenvalue weighted by Crippen LogP contribution is -2.45. The van der Waals surface area contributed by atoms with Gasteiger partial charge in [0.1, 0.15) is 5.82 Å². The Bertz CT molecular complexity index is 647. The van der Waals surface area contributed by atoms with E-state index in [9.17, 15) is 19.1 Å². The van der Waals surface area contributed by atoms with E-state index in [0.717, 1.165) is 18.9 Å². The number of anilines is 2. The maximum Gasteiger partial charge on any atom is 0.296 e. The lowest BCUT2D eigenvalue weighted by molar-refractivity contribution is -0.112. The van der Waals surface area contributed by atoms with Gasteiger partial charge in [-0.05, 0) is 37.8 Å². The number of fused-ring (bicyclic) bond motifs is 3. The van der Waals surface area contributed by atoms with E-state index >= 15 is 0 Å². The van der Waals surface area contributed by atoms with Crippen LogP contribution in [-0.2, 0) is 4.79 Å². The van der Waals surface area contributed by atoms with E-state index in [4.69, 9.17) is 0 Å². The summed E-state index contributed by atoms with van der Waals surface area (Å²) in [5.74, 6) is -1.88. The Labute approximate surface area is 120 Å². The van der Waals surface area contributed by atoms with Crippen LogP contribution in [-0.4, -0.2) is 35.0 Å². The van der Waals surface area contributed by atoms with Crippen molar-refractivity contribution >= 4 is 23.1 Å². The van der Waals surface area contributed by atoms with Crippen molar-refractivity contribution < 1.29 is 19.1 Å². The first-order valence-electron chi connectivity index (χ1n) is 7.20. The van der Waals surface area contributed by atoms with E-state index in [1.165, 1.54) is 0 Å². The molecule has 2 fully saturated rings. The molecular weight excluding hydrogens is 275 g/mol. The molecule has 6 heteroatoms. The predicted molar refractivity (Wildman–Crippen MR) is 73.9 cm³/mol. The van der Waals surface area contributed by atoms with E-state index < -0.39 is 17.5 Å². The van der Waals surface area contributed by atoms with Crippen LogP contribution in [0.3, 0.4) is 0 Å². The molecule has 0 saturated carbocycles. The number of piperidine rings is 1. The molecule has 4 rings (SSSR count). The van der Waals surface area contributed by atoms with Crippen LogP contribution in [0.2, 0.25) is 0 Å². The van der Waals surface area contributed by atoms with Crippen molar-refractivity contribution in [3.8, 4) is 0 Å². The molecule has 2 N–H and O–H groups in total. The highest BCUT2D eigenvalue weighted by molar-refractivity contribution is 6.51. The minimum Gasteiger partial charge on any atom is -0.393 e. The number of ketones is 1. The monoisotopic (exact) mass is 290 g/mol. The second-order valence-corrected chi connectivity index (χ2v) is 6.05. The summed E-state index contributed by atoms with van der Waals surface area (Å²) in [5.41, 5.74) is 0.903. The van der Waals surface area contributed by atoms with Gasteiger partial charge in [0, 0.05) is 12.1 Å². The summed E-state index contributed by atoms with van der Waals surface area (Å²) in [6.07, 6.45) is 2.82. The maximum atomic E-state index is 14.4. The topological polar surface area (TPSA) is 69.6 Å². The van der Waals surface area contributed by atoms with Crippen molar-refractivity contribution in [3.63, 3.8) is 0 Å². The third-order valence-electron chi connectivity index (χ3n) is 4.77. The Morgan fingerprint density at radius 1 is 1.19 bits per heavy atom. The minimum atomic E-state index is -0.710. The Kier molecular flexibility index (Phi) is 2.60. The highest BCUT2D eigenvalue weighted by Gasteiger charge is 2.42. The van der Waals surface area contributed by atoms with Crippen LogP contribution in [0.25, 0.3) is 0 Å². The molecular formula is C15H15FN2O3. The number of nitrogens with one attached hydrogen (secondary N) is 1. The van der Waals surface area contributed by atoms with Gasteiger partial charge in [-0.25, -0.2) is 4.39 Å². The molecule has 5 nitrogen and oxygen atoms in total. The van der Waals surface area contributed by atoms with Crippen LogP contribution in [0.4, 0.5) is 15.8 Å². The van der Waals surface area contributed by atoms with Crippen molar-refractivity contribution in [3.05, 3.63) is 23.5 Å². The Morgan fingerprint density at radius 3 is 2.52 bits per heavy atom. The first kappa shape index (κ1) is 12.8. The molecule has 1 aromatic rings. The van der Waals surface area contributed by atoms with Crippen molar-refractivity contribution in [2.75, 3.05) is 10.2 Å². The number of hydrogen-bond acceptors (Lipinski definition) is 4. The van der Waals surface area contributed by atoms with Crippen molar-refractivity contribution in [1.82, 2.24) is 0 Å². The number of nitrogens with zero attached hydrogens (tertiary/aromatic N) is 1. The maximum absolute atomic E-state index is 14.4. The van der Waals surface area contributed by atoms with Gasteiger partial charge in [0.05, 0.1) is 23.0 Å². The van der Waals surface area contributed by atoms with E-state index in [-0.39, 0.29) is 23.8 Å². The quantitative estimate of drug-likeness (QED) is 0.768. The van der Waals surface area contributed by atoms with Crippen molar-refractivity contribution in [1.29, 1.82) is 0 Å². The van der Waals surface area contributed by atoms with E-state index in [1.807, 2.05) is 4.90 Å². The standard InChI is InChI=1S/C15H15FN2O3/c16-11-5-10-12(17-15(21)14(10)20)6-13(11)18-7-1-2-8(18)4-9(19)3-7/h5-9,19H,1-4H2,(H,17,20,21). The summed E-state index contributed by atoms with van der Waals surface area (Å²) in [5, 5.41) is 12.3. The number of rotatable bonds is 1. The molecule has 2 atom stereocenters. The molecule has 2 saturated heterocycles. The second-order valence-electron chi connectivity index (χ2n) is 6.05. The molecule has 1 aromatic carbocycles. The third-order valence-corrected chi connectivity index (χ3v) is 4.77. The van der Waals surface area contributed by atoms with Gasteiger partial charge < -0.3 is 15.3 Å². The van der Waals surface area contributed by atoms with Crippen LogP contribution < -0.4 is 10.2 Å². The molecule has 3 heterocycles. The van der Waals surface area contributed by atoms with Gasteiger partial charge in [0.2, 0.25) is 0 Å². The average molecular weight is 290 g/mol. The first-order chi connectivity index (χ1) is 10.0. The number of halogens is 1. The zero-order valence-corrected chi connectivity index (χ0v) is 11.3. The second kappa shape index (κ2) is 4.27. The zero-order valence-electron chi connectivity index (χ0n) is 11.3. The molecule has 3 aliphatic heterocycles. The summed E-state index contributed by atoms with van der Waals surface area (Å²) in [6, 6.07) is 2.95. The van der Waals surface area contributed by atoms with E-state index in [0.29, 0.717) is 24.2 Å². The fourth-order valence-corrected chi connectivity index (χ4v) is 3.89. The fraction of sp³-hybridized carbons (Fsp3) is 0.467. The van der Waals surface area contributed by atoms with Gasteiger partial charge in [-0.15, -0.1) is 0 Å². The largest absolute Gasteiger partial charge is 0.393 e. The minimum absolute atomic E-state index is 0.102. The van der Waals surface area contributed by atoms with Gasteiger partial charge in [0.15, 0.2) is 0 Å². The van der Waals surface area contributed by atoms with E-state index in [1.54, 1.807) is 6.07 Å². The van der Waals surface area contributed by atoms with Crippen LogP contribution in [0.5, 0.6) is 0 Å². The van der Waals surface area contributed by atoms with Crippen LogP contribution in [0, 0.1) is 5.82 Å². The zero-order chi connectivity index (χ0) is 14.7. The number of Topliss-reactive ketones (excluding diaryl/α,β-unsaturated/α-hetero) is 1. The summed E-state index contributed by atoms with van der Waals surface area (Å²) >= 11 is 0. The van der Waals surface area contributed by atoms with Gasteiger partial charge in [-0.1, -0.05) is 0 Å². The molecule has 3 aliphatic rings. The number of carbonyl (C=O) groups is 2. The number of amides is 1. The third kappa shape index (κ3) is 1.78. The Hall–Kier alpha value is -1.95. The van der Waals surface area contributed by atoms with Gasteiger partial charge >= 0.3 is 0 Å². The molecule has 2 bridgehead atoms. The smallest absolute Gasteiger partial charge is 0.296 e. The van der Waals surface area contributed by atoms with Crippen molar-refractivity contribution in [2.45, 2.75) is 43.9 Å². The van der Waals surface area contributed by atoms with Gasteiger partial charge in [-0.3, -0.25) is 9.59 Å². The first-order valence-corrected chi connectivity index (χ1v) is 7.20. The molecule has 0 aliphatic carbocycles. The number of carbonyl (C=O) groups excluding carboxylic acids is 2. The number of hydrogen-bond donors (Lipinski definition) is 2. The average Bonchev–Trinajstić information content (AvgIpc) is 2.85. The number of aliphatic hydroxyl groups is 1. The number of benzene rings is 1. The highest BCUT2D eigenvalue weighted by Crippen LogP contribution is 2.42. The predicted octanol–water partition coefficient (Wildman–Crippen LogP) is 1.45. The Morgan fingerprint density at radius 2 is 1.86 bits per heavy atom. The van der Waals surface area contributed by atoms with Crippen LogP contribution in [0.15, 0.2) is 12.1 Å². The summed E-state index contributed by atoms with van der Waals surface area (Å²) in [4.78, 5) is 25.0. The Balaban J connectivity index is 1.76. The summed E-state index contributed by atoms with van der Waals surface area (Å²) in [6.45, 7) is 0. The van der Waals surface area contributed by atoms with E-state index in [2.05, 4.69) is 5.32 Å². The molecule has 0 spiro atoms.